The second-order valence-electron chi connectivity index (χ2n) is 5.05. The van der Waals surface area contributed by atoms with Gasteiger partial charge in [-0.05, 0) is 25.2 Å². The lowest BCUT2D eigenvalue weighted by molar-refractivity contribution is -0.131. The molecule has 0 heterocycles. The van der Waals surface area contributed by atoms with Crippen molar-refractivity contribution in [2.24, 2.45) is 16.1 Å². The van der Waals surface area contributed by atoms with Gasteiger partial charge in [0, 0.05) is 26.0 Å². The predicted octanol–water partition coefficient (Wildman–Crippen LogP) is 1.81. The first-order valence-corrected chi connectivity index (χ1v) is 5.97. The highest BCUT2D eigenvalue weighted by molar-refractivity contribution is 5.81. The zero-order chi connectivity index (χ0) is 13.5. The van der Waals surface area contributed by atoms with E-state index in [2.05, 4.69) is 25.4 Å². The maximum Gasteiger partial charge on any atom is 0.239 e. The molecule has 0 spiro atoms. The first-order chi connectivity index (χ1) is 7.84. The van der Waals surface area contributed by atoms with E-state index in [1.165, 1.54) is 6.20 Å². The first-order valence-electron chi connectivity index (χ1n) is 5.97. The van der Waals surface area contributed by atoms with E-state index >= 15 is 0 Å². The summed E-state index contributed by atoms with van der Waals surface area (Å²) in [5, 5.41) is 0. The monoisotopic (exact) mass is 239 g/mol. The molecular formula is C13H25N3O. The Morgan fingerprint density at radius 3 is 2.65 bits per heavy atom. The Kier molecular flexibility index (Phi) is 6.73. The zero-order valence-electron chi connectivity index (χ0n) is 11.4. The summed E-state index contributed by atoms with van der Waals surface area (Å²) in [5.74, 6) is 0.00114. The minimum absolute atomic E-state index is 0.00114. The Morgan fingerprint density at radius 1 is 1.59 bits per heavy atom. The van der Waals surface area contributed by atoms with Crippen molar-refractivity contribution in [3.63, 3.8) is 0 Å². The van der Waals surface area contributed by atoms with Crippen molar-refractivity contribution in [1.82, 2.24) is 4.90 Å². The minimum Gasteiger partial charge on any atom is -0.345 e. The van der Waals surface area contributed by atoms with E-state index < -0.39 is 6.04 Å². The van der Waals surface area contributed by atoms with Gasteiger partial charge in [-0.2, -0.15) is 0 Å². The van der Waals surface area contributed by atoms with Crippen molar-refractivity contribution in [2.45, 2.75) is 39.7 Å². The summed E-state index contributed by atoms with van der Waals surface area (Å²) in [7, 11) is 1.77. The number of nitrogens with zero attached hydrogens (tertiary/aromatic N) is 2. The smallest absolute Gasteiger partial charge is 0.239 e. The molecule has 0 fully saturated rings. The third-order valence-corrected chi connectivity index (χ3v) is 2.79. The molecule has 1 unspecified atom stereocenters. The molecule has 0 aliphatic carbocycles. The van der Waals surface area contributed by atoms with E-state index in [9.17, 15) is 4.79 Å². The van der Waals surface area contributed by atoms with Crippen LogP contribution < -0.4 is 5.73 Å². The third-order valence-electron chi connectivity index (χ3n) is 2.79. The number of hydrogen-bond donors (Lipinski definition) is 1. The minimum atomic E-state index is -0.438. The number of rotatable bonds is 7. The fourth-order valence-corrected chi connectivity index (χ4v) is 1.58. The summed E-state index contributed by atoms with van der Waals surface area (Å²) in [6.45, 7) is 10.3. The van der Waals surface area contributed by atoms with E-state index in [0.29, 0.717) is 13.0 Å². The standard InChI is InChI=1S/C13H25N3O/c1-6-15-9-8-13(3,4)10-11(14)12(17)16(5)7-2/h6,9,11H,1,7-8,10,14H2,2-5H3. The summed E-state index contributed by atoms with van der Waals surface area (Å²) >= 11 is 0. The van der Waals surface area contributed by atoms with Crippen LogP contribution in [0.3, 0.4) is 0 Å². The van der Waals surface area contributed by atoms with Crippen molar-refractivity contribution < 1.29 is 4.79 Å². The topological polar surface area (TPSA) is 58.7 Å². The molecule has 0 aliphatic rings. The van der Waals surface area contributed by atoms with E-state index in [1.807, 2.05) is 13.1 Å². The normalized spacial score (nSPS) is 13.7. The summed E-state index contributed by atoms with van der Waals surface area (Å²) < 4.78 is 0. The number of carbonyl (C=O) groups is 1. The van der Waals surface area contributed by atoms with Gasteiger partial charge in [0.05, 0.1) is 6.04 Å². The lowest BCUT2D eigenvalue weighted by Crippen LogP contribution is -2.44. The summed E-state index contributed by atoms with van der Waals surface area (Å²) in [6, 6.07) is -0.438. The molecule has 0 saturated heterocycles. The zero-order valence-corrected chi connectivity index (χ0v) is 11.4. The Hall–Kier alpha value is -1.16. The van der Waals surface area contributed by atoms with Crippen molar-refractivity contribution in [3.8, 4) is 0 Å². The molecule has 4 nitrogen and oxygen atoms in total. The molecule has 1 atom stereocenters. The summed E-state index contributed by atoms with van der Waals surface area (Å²) in [4.78, 5) is 17.4. The molecule has 2 N–H and O–H groups in total. The maximum atomic E-state index is 11.8. The summed E-state index contributed by atoms with van der Waals surface area (Å²) in [5.41, 5.74) is 5.90. The Labute approximate surface area is 105 Å². The molecule has 98 valence electrons. The first kappa shape index (κ1) is 15.8. The molecule has 1 amide bonds. The van der Waals surface area contributed by atoms with Gasteiger partial charge in [-0.25, -0.2) is 0 Å². The molecule has 0 aromatic carbocycles. The second kappa shape index (κ2) is 7.22. The maximum absolute atomic E-state index is 11.8. The predicted molar refractivity (Wildman–Crippen MR) is 73.0 cm³/mol. The molecule has 0 aromatic rings. The largest absolute Gasteiger partial charge is 0.345 e. The van der Waals surface area contributed by atoms with Crippen molar-refractivity contribution in [2.75, 3.05) is 13.6 Å². The Morgan fingerprint density at radius 2 is 2.18 bits per heavy atom. The number of hydrogen-bond acceptors (Lipinski definition) is 3. The quantitative estimate of drug-likeness (QED) is 0.689. The number of nitrogens with two attached hydrogens (primary N) is 1. The van der Waals surface area contributed by atoms with Gasteiger partial charge in [-0.1, -0.05) is 20.4 Å². The lowest BCUT2D eigenvalue weighted by Gasteiger charge is -2.28. The summed E-state index contributed by atoms with van der Waals surface area (Å²) in [6.07, 6.45) is 4.76. The number of amides is 1. The van der Waals surface area contributed by atoms with E-state index in [0.717, 1.165) is 6.42 Å². The van der Waals surface area contributed by atoms with Gasteiger partial charge >= 0.3 is 0 Å². The molecule has 0 bridgehead atoms. The van der Waals surface area contributed by atoms with E-state index in [-0.39, 0.29) is 11.3 Å². The molecule has 0 aromatic heterocycles. The SMILES string of the molecule is C=CN=CCC(C)(C)CC(N)C(=O)N(C)CC. The van der Waals surface area contributed by atoms with Crippen LogP contribution in [0.4, 0.5) is 0 Å². The van der Waals surface area contributed by atoms with Crippen LogP contribution >= 0.6 is 0 Å². The fourth-order valence-electron chi connectivity index (χ4n) is 1.58. The number of carbonyl (C=O) groups excluding carboxylic acids is 1. The van der Waals surface area contributed by atoms with Crippen molar-refractivity contribution in [3.05, 3.63) is 12.8 Å². The van der Waals surface area contributed by atoms with E-state index in [4.69, 9.17) is 5.73 Å². The van der Waals surface area contributed by atoms with Crippen LogP contribution in [0.25, 0.3) is 0 Å². The van der Waals surface area contributed by atoms with Gasteiger partial charge < -0.3 is 10.6 Å². The van der Waals surface area contributed by atoms with Gasteiger partial charge in [0.25, 0.3) is 0 Å². The van der Waals surface area contributed by atoms with Crippen LogP contribution in [0, 0.1) is 5.41 Å². The molecular weight excluding hydrogens is 214 g/mol. The van der Waals surface area contributed by atoms with Gasteiger partial charge in [-0.3, -0.25) is 9.79 Å². The average molecular weight is 239 g/mol. The van der Waals surface area contributed by atoms with Crippen molar-refractivity contribution in [1.29, 1.82) is 0 Å². The lowest BCUT2D eigenvalue weighted by atomic mass is 9.83. The van der Waals surface area contributed by atoms with Crippen LogP contribution in [0.2, 0.25) is 0 Å². The molecule has 17 heavy (non-hydrogen) atoms. The second-order valence-corrected chi connectivity index (χ2v) is 5.05. The average Bonchev–Trinajstić information content (AvgIpc) is 2.26. The van der Waals surface area contributed by atoms with Crippen molar-refractivity contribution >= 4 is 12.1 Å². The number of likely N-dealkylation sites (N-methyl/N-ethyl adjacent to an activating group) is 1. The molecule has 4 heteroatoms. The highest BCUT2D eigenvalue weighted by Gasteiger charge is 2.26. The van der Waals surface area contributed by atoms with Crippen LogP contribution in [-0.4, -0.2) is 36.7 Å². The van der Waals surface area contributed by atoms with Crippen LogP contribution in [0.15, 0.2) is 17.8 Å². The Bertz CT molecular complexity index is 284. The molecule has 0 rings (SSSR count). The van der Waals surface area contributed by atoms with Crippen LogP contribution in [0.1, 0.15) is 33.6 Å². The fraction of sp³-hybridized carbons (Fsp3) is 0.692. The van der Waals surface area contributed by atoms with Crippen LogP contribution in [-0.2, 0) is 4.79 Å². The molecule has 0 radical (unpaired) electrons. The van der Waals surface area contributed by atoms with Gasteiger partial charge in [0.2, 0.25) is 5.91 Å². The van der Waals surface area contributed by atoms with Gasteiger partial charge in [0.15, 0.2) is 0 Å². The third kappa shape index (κ3) is 6.22. The van der Waals surface area contributed by atoms with Gasteiger partial charge in [0.1, 0.15) is 0 Å². The highest BCUT2D eigenvalue weighted by atomic mass is 16.2. The molecule has 0 saturated carbocycles. The Balaban J connectivity index is 4.34. The highest BCUT2D eigenvalue weighted by Crippen LogP contribution is 2.25. The van der Waals surface area contributed by atoms with Crippen LogP contribution in [0.5, 0.6) is 0 Å². The molecule has 0 aliphatic heterocycles. The van der Waals surface area contributed by atoms with Gasteiger partial charge in [-0.15, -0.1) is 0 Å². The number of aliphatic imine (C=N–C) groups is 1. The van der Waals surface area contributed by atoms with E-state index in [1.54, 1.807) is 11.9 Å².